The Morgan fingerprint density at radius 2 is 2.03 bits per heavy atom. The van der Waals surface area contributed by atoms with E-state index in [9.17, 15) is 4.79 Å². The Kier molecular flexibility index (Phi) is 4.61. The first-order chi connectivity index (χ1) is 14.2. The lowest BCUT2D eigenvalue weighted by Crippen LogP contribution is -2.47. The van der Waals surface area contributed by atoms with Gasteiger partial charge in [-0.3, -0.25) is 4.79 Å². The van der Waals surface area contributed by atoms with Crippen LogP contribution in [0.5, 0.6) is 0 Å². The van der Waals surface area contributed by atoms with E-state index in [0.717, 1.165) is 30.4 Å². The molecular formula is C22H21N5OS. The Bertz CT molecular complexity index is 1220. The highest BCUT2D eigenvalue weighted by Crippen LogP contribution is 2.34. The topological polar surface area (TPSA) is 84.1 Å². The van der Waals surface area contributed by atoms with Crippen LogP contribution >= 0.6 is 11.3 Å². The third-order valence-corrected chi connectivity index (χ3v) is 6.61. The summed E-state index contributed by atoms with van der Waals surface area (Å²) in [6.45, 7) is 2.68. The lowest BCUT2D eigenvalue weighted by Gasteiger charge is -2.27. The van der Waals surface area contributed by atoms with Crippen molar-refractivity contribution in [1.82, 2.24) is 20.2 Å². The van der Waals surface area contributed by atoms with Crippen LogP contribution in [-0.2, 0) is 17.8 Å². The predicted molar refractivity (Wildman–Crippen MR) is 117 cm³/mol. The molecule has 1 saturated heterocycles. The van der Waals surface area contributed by atoms with Crippen molar-refractivity contribution in [2.45, 2.75) is 13.0 Å². The molecule has 1 aliphatic heterocycles. The van der Waals surface area contributed by atoms with Crippen molar-refractivity contribution >= 4 is 44.1 Å². The number of fused-ring (bicyclic) bond motifs is 2. The summed E-state index contributed by atoms with van der Waals surface area (Å²) in [6.07, 6.45) is 2.29. The zero-order chi connectivity index (χ0) is 19.8. The summed E-state index contributed by atoms with van der Waals surface area (Å²) in [5.41, 5.74) is 9.28. The van der Waals surface area contributed by atoms with Gasteiger partial charge in [-0.1, -0.05) is 24.3 Å². The second-order valence-corrected chi connectivity index (χ2v) is 8.42. The molecule has 4 aromatic rings. The van der Waals surface area contributed by atoms with Gasteiger partial charge in [-0.05, 0) is 41.1 Å². The average Bonchev–Trinajstić information content (AvgIpc) is 3.07. The Labute approximate surface area is 172 Å². The van der Waals surface area contributed by atoms with Gasteiger partial charge in [-0.2, -0.15) is 0 Å². The molecule has 1 aliphatic rings. The smallest absolute Gasteiger partial charge is 0.236 e. The first-order valence-electron chi connectivity index (χ1n) is 9.66. The quantitative estimate of drug-likeness (QED) is 0.547. The van der Waals surface area contributed by atoms with Gasteiger partial charge in [0.1, 0.15) is 12.1 Å². The van der Waals surface area contributed by atoms with Gasteiger partial charge >= 0.3 is 0 Å². The van der Waals surface area contributed by atoms with Crippen LogP contribution < -0.4 is 11.1 Å². The normalized spacial score (nSPS) is 14.8. The van der Waals surface area contributed by atoms with E-state index in [2.05, 4.69) is 51.7 Å². The van der Waals surface area contributed by atoms with Gasteiger partial charge in [0.2, 0.25) is 5.91 Å². The van der Waals surface area contributed by atoms with Crippen LogP contribution in [0.4, 0.5) is 5.82 Å². The van der Waals surface area contributed by atoms with Crippen molar-refractivity contribution in [3.8, 4) is 0 Å². The molecule has 1 fully saturated rings. The monoisotopic (exact) mass is 403 g/mol. The van der Waals surface area contributed by atoms with Gasteiger partial charge in [-0.25, -0.2) is 9.97 Å². The fourth-order valence-corrected chi connectivity index (χ4v) is 5.13. The summed E-state index contributed by atoms with van der Waals surface area (Å²) in [4.78, 5) is 24.0. The Morgan fingerprint density at radius 1 is 1.14 bits per heavy atom. The highest BCUT2D eigenvalue weighted by molar-refractivity contribution is 7.19. The maximum Gasteiger partial charge on any atom is 0.236 e. The molecular weight excluding hydrogens is 382 g/mol. The highest BCUT2D eigenvalue weighted by Gasteiger charge is 2.21. The van der Waals surface area contributed by atoms with Gasteiger partial charge in [-0.15, -0.1) is 11.3 Å². The maximum atomic E-state index is 12.3. The molecule has 29 heavy (non-hydrogen) atoms. The number of amides is 1. The molecule has 0 saturated carbocycles. The van der Waals surface area contributed by atoms with E-state index >= 15 is 0 Å². The first kappa shape index (κ1) is 18.0. The van der Waals surface area contributed by atoms with Gasteiger partial charge in [0, 0.05) is 28.1 Å². The molecule has 0 atom stereocenters. The van der Waals surface area contributed by atoms with E-state index < -0.39 is 0 Å². The van der Waals surface area contributed by atoms with E-state index in [4.69, 9.17) is 5.73 Å². The molecule has 146 valence electrons. The number of hydrogen-bond donors (Lipinski definition) is 2. The lowest BCUT2D eigenvalue weighted by atomic mass is 10.0. The standard InChI is InChI=1S/C22H21N5OS/c23-22-16-6-5-14(10-18(16)25-13-26-22)9-17-15-3-1-2-4-19(15)29-20(17)12-27-8-7-24-11-21(27)28/h1-6,10,13,24H,7-9,11-12H2,(H2,23,25,26). The fourth-order valence-electron chi connectivity index (χ4n) is 3.89. The largest absolute Gasteiger partial charge is 0.383 e. The Morgan fingerprint density at radius 3 is 2.93 bits per heavy atom. The molecule has 6 nitrogen and oxygen atoms in total. The van der Waals surface area contributed by atoms with Gasteiger partial charge in [0.05, 0.1) is 18.6 Å². The molecule has 3 N–H and O–H groups in total. The number of aromatic nitrogens is 2. The first-order valence-corrected chi connectivity index (χ1v) is 10.5. The highest BCUT2D eigenvalue weighted by atomic mass is 32.1. The third-order valence-electron chi connectivity index (χ3n) is 5.42. The van der Waals surface area contributed by atoms with Gasteiger partial charge < -0.3 is 16.0 Å². The molecule has 5 rings (SSSR count). The van der Waals surface area contributed by atoms with Crippen molar-refractivity contribution in [1.29, 1.82) is 0 Å². The summed E-state index contributed by atoms with van der Waals surface area (Å²) < 4.78 is 1.26. The minimum Gasteiger partial charge on any atom is -0.383 e. The van der Waals surface area contributed by atoms with E-state index in [0.29, 0.717) is 18.9 Å². The van der Waals surface area contributed by atoms with Crippen LogP contribution in [0, 0.1) is 0 Å². The minimum atomic E-state index is 0.164. The van der Waals surface area contributed by atoms with E-state index in [-0.39, 0.29) is 5.91 Å². The van der Waals surface area contributed by atoms with Crippen LogP contribution in [0.1, 0.15) is 16.0 Å². The zero-order valence-electron chi connectivity index (χ0n) is 15.9. The Balaban J connectivity index is 1.54. The zero-order valence-corrected chi connectivity index (χ0v) is 16.7. The number of thiophene rings is 1. The molecule has 0 bridgehead atoms. The predicted octanol–water partition coefficient (Wildman–Crippen LogP) is 2.95. The summed E-state index contributed by atoms with van der Waals surface area (Å²) in [5.74, 6) is 0.665. The van der Waals surface area contributed by atoms with Crippen molar-refractivity contribution in [3.05, 3.63) is 64.8 Å². The van der Waals surface area contributed by atoms with Crippen LogP contribution in [0.2, 0.25) is 0 Å². The fraction of sp³-hybridized carbons (Fsp3) is 0.227. The van der Waals surface area contributed by atoms with Crippen molar-refractivity contribution in [3.63, 3.8) is 0 Å². The van der Waals surface area contributed by atoms with E-state index in [1.807, 2.05) is 11.0 Å². The van der Waals surface area contributed by atoms with Crippen LogP contribution in [0.15, 0.2) is 48.8 Å². The number of carbonyl (C=O) groups excluding carboxylic acids is 1. The summed E-state index contributed by atoms with van der Waals surface area (Å²) in [7, 11) is 0. The molecule has 0 spiro atoms. The molecule has 0 unspecified atom stereocenters. The second kappa shape index (κ2) is 7.42. The number of hydrogen-bond acceptors (Lipinski definition) is 6. The van der Waals surface area contributed by atoms with Crippen molar-refractivity contribution < 1.29 is 4.79 Å². The van der Waals surface area contributed by atoms with Crippen LogP contribution in [0.25, 0.3) is 21.0 Å². The average molecular weight is 404 g/mol. The second-order valence-electron chi connectivity index (χ2n) is 7.28. The number of benzene rings is 2. The molecule has 0 aliphatic carbocycles. The molecule has 1 amide bonds. The summed E-state index contributed by atoms with van der Waals surface area (Å²) in [6, 6.07) is 14.6. The van der Waals surface area contributed by atoms with Gasteiger partial charge in [0.25, 0.3) is 0 Å². The minimum absolute atomic E-state index is 0.164. The van der Waals surface area contributed by atoms with Crippen LogP contribution in [0.3, 0.4) is 0 Å². The number of nitrogens with zero attached hydrogens (tertiary/aromatic N) is 3. The number of nitrogens with two attached hydrogens (primary N) is 1. The summed E-state index contributed by atoms with van der Waals surface area (Å²) in [5, 5.41) is 5.28. The number of nitrogens with one attached hydrogen (secondary N) is 1. The van der Waals surface area contributed by atoms with Gasteiger partial charge in [0.15, 0.2) is 0 Å². The molecule has 2 aromatic carbocycles. The van der Waals surface area contributed by atoms with Crippen LogP contribution in [-0.4, -0.2) is 40.4 Å². The number of anilines is 1. The number of carbonyl (C=O) groups is 1. The number of piperazine rings is 1. The third kappa shape index (κ3) is 3.43. The Hall–Kier alpha value is -3.03. The maximum absolute atomic E-state index is 12.3. The molecule has 0 radical (unpaired) electrons. The molecule has 2 aromatic heterocycles. The molecule has 3 heterocycles. The number of rotatable bonds is 4. The van der Waals surface area contributed by atoms with E-state index in [1.54, 1.807) is 11.3 Å². The lowest BCUT2D eigenvalue weighted by molar-refractivity contribution is -0.132. The number of nitrogen functional groups attached to an aromatic ring is 1. The molecule has 7 heteroatoms. The van der Waals surface area contributed by atoms with E-state index in [1.165, 1.54) is 32.4 Å². The SMILES string of the molecule is Nc1ncnc2cc(Cc3c(CN4CCNCC4=O)sc4ccccc34)ccc12. The summed E-state index contributed by atoms with van der Waals surface area (Å²) >= 11 is 1.78. The van der Waals surface area contributed by atoms with Crippen molar-refractivity contribution in [2.75, 3.05) is 25.4 Å². The van der Waals surface area contributed by atoms with Crippen molar-refractivity contribution in [2.24, 2.45) is 0 Å².